The minimum absolute atomic E-state index is 0.143. The van der Waals surface area contributed by atoms with Crippen LogP contribution < -0.4 is 5.32 Å². The molecule has 0 spiro atoms. The second-order valence-electron chi connectivity index (χ2n) is 16.9. The third kappa shape index (κ3) is 30.8. The molecule has 1 aliphatic rings. The minimum atomic E-state index is -1.56. The number of carbonyl (C=O) groups is 1. The summed E-state index contributed by atoms with van der Waals surface area (Å²) in [5.74, 6) is -0.154. The molecule has 0 radical (unpaired) electrons. The summed E-state index contributed by atoms with van der Waals surface area (Å²) in [7, 11) is 0. The maximum absolute atomic E-state index is 13.0. The van der Waals surface area contributed by atoms with E-state index >= 15 is 0 Å². The van der Waals surface area contributed by atoms with Crippen molar-refractivity contribution in [2.75, 3.05) is 13.2 Å². The van der Waals surface area contributed by atoms with Gasteiger partial charge in [0.05, 0.1) is 25.4 Å². The van der Waals surface area contributed by atoms with Gasteiger partial charge in [-0.3, -0.25) is 4.79 Å². The van der Waals surface area contributed by atoms with Crippen LogP contribution in [0, 0.1) is 0 Å². The molecule has 60 heavy (non-hydrogen) atoms. The highest BCUT2D eigenvalue weighted by atomic mass is 16.7. The lowest BCUT2D eigenvalue weighted by Gasteiger charge is -2.40. The first-order valence-corrected chi connectivity index (χ1v) is 24.5. The molecule has 0 aromatic rings. The van der Waals surface area contributed by atoms with Crippen LogP contribution in [0.25, 0.3) is 0 Å². The van der Waals surface area contributed by atoms with Gasteiger partial charge < -0.3 is 40.3 Å². The van der Waals surface area contributed by atoms with Gasteiger partial charge in [0.2, 0.25) is 5.91 Å². The topological polar surface area (TPSA) is 149 Å². The van der Waals surface area contributed by atoms with Crippen molar-refractivity contribution in [3.8, 4) is 0 Å². The fraction of sp³-hybridized carbons (Fsp3) is 0.784. The molecule has 1 amide bonds. The van der Waals surface area contributed by atoms with E-state index in [0.29, 0.717) is 12.8 Å². The standard InChI is InChI=1S/C51H91NO8/c1-3-5-7-9-11-13-15-17-18-19-20-21-22-23-24-25-26-27-28-29-31-33-35-37-39-41-47(55)52-44(43-59-51-50(58)49(57)48(56)46(42-53)60-51)45(54)40-38-36-34-32-30-16-14-12-10-8-6-4-2/h5,7,11,13,17-18,20-21,23-24,44-46,48-51,53-54,56-58H,3-4,6,8-10,12,14-16,19,22,25-43H2,1-2H3,(H,52,55)/b7-5-,13-11-,18-17-,21-20-,24-23-. The van der Waals surface area contributed by atoms with E-state index in [1.54, 1.807) is 0 Å². The maximum Gasteiger partial charge on any atom is 0.220 e. The zero-order valence-corrected chi connectivity index (χ0v) is 38.2. The number of hydrogen-bond acceptors (Lipinski definition) is 8. The van der Waals surface area contributed by atoms with E-state index in [0.717, 1.165) is 77.0 Å². The first-order valence-electron chi connectivity index (χ1n) is 24.5. The molecule has 1 aliphatic heterocycles. The Morgan fingerprint density at radius 2 is 1.03 bits per heavy atom. The van der Waals surface area contributed by atoms with Crippen molar-refractivity contribution < 1.29 is 39.8 Å². The van der Waals surface area contributed by atoms with E-state index in [2.05, 4.69) is 79.9 Å². The highest BCUT2D eigenvalue weighted by Crippen LogP contribution is 2.23. The molecule has 7 atom stereocenters. The number of allylic oxidation sites excluding steroid dienone is 10. The van der Waals surface area contributed by atoms with Crippen molar-refractivity contribution in [2.45, 2.75) is 243 Å². The van der Waals surface area contributed by atoms with Crippen LogP contribution in [0.2, 0.25) is 0 Å². The Morgan fingerprint density at radius 3 is 1.53 bits per heavy atom. The van der Waals surface area contributed by atoms with Gasteiger partial charge in [0.25, 0.3) is 0 Å². The van der Waals surface area contributed by atoms with Crippen LogP contribution in [0.3, 0.4) is 0 Å². The number of carbonyl (C=O) groups excluding carboxylic acids is 1. The number of hydrogen-bond donors (Lipinski definition) is 6. The number of ether oxygens (including phenoxy) is 2. The van der Waals surface area contributed by atoms with Gasteiger partial charge in [-0.05, 0) is 57.8 Å². The van der Waals surface area contributed by atoms with Crippen LogP contribution in [-0.4, -0.2) is 87.5 Å². The summed E-state index contributed by atoms with van der Waals surface area (Å²) in [6.45, 7) is 3.70. The highest BCUT2D eigenvalue weighted by Gasteiger charge is 2.44. The lowest BCUT2D eigenvalue weighted by Crippen LogP contribution is -2.60. The molecule has 9 nitrogen and oxygen atoms in total. The van der Waals surface area contributed by atoms with Gasteiger partial charge in [-0.2, -0.15) is 0 Å². The maximum atomic E-state index is 13.0. The monoisotopic (exact) mass is 846 g/mol. The fourth-order valence-electron chi connectivity index (χ4n) is 7.48. The van der Waals surface area contributed by atoms with Gasteiger partial charge in [0, 0.05) is 6.42 Å². The van der Waals surface area contributed by atoms with E-state index in [-0.39, 0.29) is 12.5 Å². The molecule has 0 saturated carbocycles. The molecule has 6 N–H and O–H groups in total. The molecule has 0 bridgehead atoms. The van der Waals surface area contributed by atoms with Gasteiger partial charge in [-0.25, -0.2) is 0 Å². The van der Waals surface area contributed by atoms with Crippen molar-refractivity contribution in [3.05, 3.63) is 60.8 Å². The smallest absolute Gasteiger partial charge is 0.220 e. The lowest BCUT2D eigenvalue weighted by molar-refractivity contribution is -0.302. The molecular weight excluding hydrogens is 755 g/mol. The average molecular weight is 846 g/mol. The molecule has 1 saturated heterocycles. The van der Waals surface area contributed by atoms with Gasteiger partial charge in [0.15, 0.2) is 6.29 Å². The summed E-state index contributed by atoms with van der Waals surface area (Å²) >= 11 is 0. The van der Waals surface area contributed by atoms with Crippen molar-refractivity contribution >= 4 is 5.91 Å². The third-order valence-electron chi connectivity index (χ3n) is 11.4. The van der Waals surface area contributed by atoms with E-state index < -0.39 is 49.5 Å². The first kappa shape index (κ1) is 55.9. The Morgan fingerprint density at radius 1 is 0.583 bits per heavy atom. The normalized spacial score (nSPS) is 21.1. The molecular formula is C51H91NO8. The Balaban J connectivity index is 2.25. The van der Waals surface area contributed by atoms with E-state index in [1.165, 1.54) is 96.3 Å². The predicted molar refractivity (Wildman–Crippen MR) is 249 cm³/mol. The Kier molecular flexibility index (Phi) is 38.1. The molecule has 9 heteroatoms. The van der Waals surface area contributed by atoms with E-state index in [9.17, 15) is 30.3 Å². The van der Waals surface area contributed by atoms with Crippen LogP contribution in [-0.2, 0) is 14.3 Å². The van der Waals surface area contributed by atoms with E-state index in [1.807, 2.05) is 0 Å². The molecule has 348 valence electrons. The third-order valence-corrected chi connectivity index (χ3v) is 11.4. The highest BCUT2D eigenvalue weighted by molar-refractivity contribution is 5.76. The quantitative estimate of drug-likeness (QED) is 0.0264. The lowest BCUT2D eigenvalue weighted by atomic mass is 9.99. The number of rotatable bonds is 40. The summed E-state index contributed by atoms with van der Waals surface area (Å²) in [4.78, 5) is 13.0. The second kappa shape index (κ2) is 40.9. The average Bonchev–Trinajstić information content (AvgIpc) is 3.25. The Labute approximate surface area is 366 Å². The SMILES string of the molecule is CC/C=C\C/C=C\C/C=C\C/C=C\C/C=C\CCCCCCCCCCCC(=O)NC(COC1OC(CO)C(O)C(O)C1O)C(O)CCCCCCCCCCCCCC. The molecule has 0 aromatic heterocycles. The summed E-state index contributed by atoms with van der Waals surface area (Å²) in [5, 5.41) is 54.4. The second-order valence-corrected chi connectivity index (χ2v) is 16.9. The molecule has 7 unspecified atom stereocenters. The molecule has 0 aromatic carbocycles. The molecule has 1 fully saturated rings. The van der Waals surface area contributed by atoms with Crippen LogP contribution in [0.15, 0.2) is 60.8 Å². The summed E-state index contributed by atoms with van der Waals surface area (Å²) in [5.41, 5.74) is 0. The largest absolute Gasteiger partial charge is 0.394 e. The number of unbranched alkanes of at least 4 members (excludes halogenated alkanes) is 20. The Bertz CT molecular complexity index is 1120. The fourth-order valence-corrected chi connectivity index (χ4v) is 7.48. The summed E-state index contributed by atoms with van der Waals surface area (Å²) in [6, 6.07) is -0.724. The van der Waals surface area contributed by atoms with Gasteiger partial charge in [0.1, 0.15) is 24.4 Å². The minimum Gasteiger partial charge on any atom is -0.394 e. The van der Waals surface area contributed by atoms with Gasteiger partial charge in [-0.1, -0.05) is 197 Å². The first-order chi connectivity index (χ1) is 29.3. The van der Waals surface area contributed by atoms with Gasteiger partial charge >= 0.3 is 0 Å². The number of nitrogens with one attached hydrogen (secondary N) is 1. The van der Waals surface area contributed by atoms with Crippen LogP contribution in [0.1, 0.15) is 200 Å². The van der Waals surface area contributed by atoms with Crippen molar-refractivity contribution in [2.24, 2.45) is 0 Å². The zero-order valence-electron chi connectivity index (χ0n) is 38.2. The molecule has 1 rings (SSSR count). The van der Waals surface area contributed by atoms with Crippen LogP contribution in [0.4, 0.5) is 0 Å². The van der Waals surface area contributed by atoms with Crippen molar-refractivity contribution in [1.82, 2.24) is 5.32 Å². The number of aliphatic hydroxyl groups is 5. The summed E-state index contributed by atoms with van der Waals surface area (Å²) in [6.07, 6.45) is 46.6. The predicted octanol–water partition coefficient (Wildman–Crippen LogP) is 10.8. The van der Waals surface area contributed by atoms with Crippen LogP contribution in [0.5, 0.6) is 0 Å². The number of amides is 1. The molecule has 1 heterocycles. The zero-order chi connectivity index (χ0) is 43.7. The van der Waals surface area contributed by atoms with Crippen molar-refractivity contribution in [1.29, 1.82) is 0 Å². The Hall–Kier alpha value is -2.11. The van der Waals surface area contributed by atoms with Gasteiger partial charge in [-0.15, -0.1) is 0 Å². The summed E-state index contributed by atoms with van der Waals surface area (Å²) < 4.78 is 11.3. The number of aliphatic hydroxyl groups excluding tert-OH is 5. The van der Waals surface area contributed by atoms with Crippen molar-refractivity contribution in [3.63, 3.8) is 0 Å². The molecule has 0 aliphatic carbocycles. The van der Waals surface area contributed by atoms with Crippen LogP contribution >= 0.6 is 0 Å². The van der Waals surface area contributed by atoms with E-state index in [4.69, 9.17) is 9.47 Å².